The fourth-order valence-electron chi connectivity index (χ4n) is 1.63. The lowest BCUT2D eigenvalue weighted by Gasteiger charge is -2.04. The predicted octanol–water partition coefficient (Wildman–Crippen LogP) is 1.57. The molecule has 0 saturated heterocycles. The van der Waals surface area contributed by atoms with Crippen LogP contribution in [0.15, 0.2) is 42.1 Å². The lowest BCUT2D eigenvalue weighted by molar-refractivity contribution is 0.477. The van der Waals surface area contributed by atoms with Crippen LogP contribution >= 0.6 is 0 Å². The molecule has 0 aliphatic rings. The smallest absolute Gasteiger partial charge is 0.222 e. The largest absolute Gasteiger partial charge is 0.507 e. The van der Waals surface area contributed by atoms with Gasteiger partial charge in [0.2, 0.25) is 5.97 Å². The molecule has 6 nitrogen and oxygen atoms in total. The highest BCUT2D eigenvalue weighted by Crippen LogP contribution is 2.27. The zero-order valence-electron chi connectivity index (χ0n) is 11.3. The molecule has 1 aromatic heterocycles. The van der Waals surface area contributed by atoms with Crippen LogP contribution in [0.1, 0.15) is 5.56 Å². The summed E-state index contributed by atoms with van der Waals surface area (Å²) in [6.07, 6.45) is 0.893. The Balaban J connectivity index is 2.47. The van der Waals surface area contributed by atoms with Crippen LogP contribution in [0, 0.1) is 17.3 Å². The van der Waals surface area contributed by atoms with Crippen LogP contribution in [-0.4, -0.2) is 21.3 Å². The summed E-state index contributed by atoms with van der Waals surface area (Å²) >= 11 is 0. The van der Waals surface area contributed by atoms with Gasteiger partial charge in [-0.15, -0.1) is 10.2 Å². The molecule has 7 heteroatoms. The number of para-hydroxylation sites is 1. The molecular formula is C15H12FN5O. The average molecular weight is 297 g/mol. The fraction of sp³-hybridized carbons (Fsp3) is 0. The summed E-state index contributed by atoms with van der Waals surface area (Å²) in [5.41, 5.74) is 11.7. The third-order valence-electron chi connectivity index (χ3n) is 2.74. The highest BCUT2D eigenvalue weighted by Gasteiger charge is 2.08. The standard InChI is InChI=1S/C15H12FN5O/c16-14(18)10(8-17)6-5-9-7-12(20-21-15(9)19)11-3-1-2-4-13(11)22/h1-4,7-8,18,22H,17H2,(H2,19,21)/b10-8-,18-14?. The zero-order chi connectivity index (χ0) is 16.1. The van der Waals surface area contributed by atoms with Crippen LogP contribution in [-0.2, 0) is 0 Å². The number of phenols is 1. The third-order valence-corrected chi connectivity index (χ3v) is 2.74. The highest BCUT2D eigenvalue weighted by molar-refractivity contribution is 5.94. The van der Waals surface area contributed by atoms with Gasteiger partial charge in [-0.05, 0) is 18.2 Å². The minimum Gasteiger partial charge on any atom is -0.507 e. The lowest BCUT2D eigenvalue weighted by Crippen LogP contribution is -2.00. The quantitative estimate of drug-likeness (QED) is 0.495. The van der Waals surface area contributed by atoms with Gasteiger partial charge in [0.25, 0.3) is 0 Å². The Labute approximate surface area is 125 Å². The summed E-state index contributed by atoms with van der Waals surface area (Å²) in [4.78, 5) is 0. The maximum atomic E-state index is 12.8. The number of benzene rings is 1. The number of aromatic hydroxyl groups is 1. The first-order valence-electron chi connectivity index (χ1n) is 6.13. The van der Waals surface area contributed by atoms with Crippen molar-refractivity contribution in [3.8, 4) is 28.8 Å². The number of aromatic nitrogens is 2. The molecule has 0 saturated carbocycles. The van der Waals surface area contributed by atoms with Crippen LogP contribution in [0.3, 0.4) is 0 Å². The maximum absolute atomic E-state index is 12.8. The van der Waals surface area contributed by atoms with E-state index in [0.29, 0.717) is 11.3 Å². The summed E-state index contributed by atoms with van der Waals surface area (Å²) < 4.78 is 12.8. The first-order chi connectivity index (χ1) is 10.5. The maximum Gasteiger partial charge on any atom is 0.222 e. The van der Waals surface area contributed by atoms with Crippen molar-refractivity contribution in [3.63, 3.8) is 0 Å². The summed E-state index contributed by atoms with van der Waals surface area (Å²) in [5.74, 6) is 3.83. The van der Waals surface area contributed by atoms with Crippen LogP contribution in [0.25, 0.3) is 11.3 Å². The molecule has 22 heavy (non-hydrogen) atoms. The number of nitrogen functional groups attached to an aromatic ring is 1. The molecule has 0 amide bonds. The minimum atomic E-state index is -1.24. The van der Waals surface area contributed by atoms with E-state index < -0.39 is 5.97 Å². The van der Waals surface area contributed by atoms with Crippen LogP contribution in [0.4, 0.5) is 10.2 Å². The van der Waals surface area contributed by atoms with Gasteiger partial charge < -0.3 is 16.6 Å². The Morgan fingerprint density at radius 2 is 2.05 bits per heavy atom. The lowest BCUT2D eigenvalue weighted by atomic mass is 10.1. The van der Waals surface area contributed by atoms with Gasteiger partial charge >= 0.3 is 0 Å². The van der Waals surface area contributed by atoms with Crippen molar-refractivity contribution < 1.29 is 9.50 Å². The fourth-order valence-corrected chi connectivity index (χ4v) is 1.63. The molecule has 1 aromatic carbocycles. The first kappa shape index (κ1) is 15.0. The number of rotatable bonds is 2. The Morgan fingerprint density at radius 3 is 2.68 bits per heavy atom. The summed E-state index contributed by atoms with van der Waals surface area (Å²) in [6.45, 7) is 0. The van der Waals surface area contributed by atoms with Crippen molar-refractivity contribution >= 4 is 11.8 Å². The monoisotopic (exact) mass is 297 g/mol. The Bertz CT molecular complexity index is 820. The molecule has 0 aliphatic heterocycles. The number of phenolic OH excluding ortho intramolecular Hbond substituents is 1. The third kappa shape index (κ3) is 3.19. The van der Waals surface area contributed by atoms with Crippen molar-refractivity contribution in [3.05, 3.63) is 47.7 Å². The number of nitrogens with two attached hydrogens (primary N) is 2. The van der Waals surface area contributed by atoms with Gasteiger partial charge in [-0.25, -0.2) is 0 Å². The molecule has 0 radical (unpaired) electrons. The van der Waals surface area contributed by atoms with Gasteiger partial charge in [0.05, 0.1) is 16.8 Å². The first-order valence-corrected chi connectivity index (χ1v) is 6.13. The van der Waals surface area contributed by atoms with Crippen molar-refractivity contribution in [2.45, 2.75) is 0 Å². The minimum absolute atomic E-state index is 0.0357. The molecule has 0 spiro atoms. The number of halogens is 1. The SMILES string of the molecule is N=C(F)/C(C#Cc1cc(-c2ccccc2O)nnc1N)=C\N. The van der Waals surface area contributed by atoms with Gasteiger partial charge in [-0.2, -0.15) is 4.39 Å². The van der Waals surface area contributed by atoms with Crippen molar-refractivity contribution in [2.24, 2.45) is 5.73 Å². The van der Waals surface area contributed by atoms with E-state index >= 15 is 0 Å². The van der Waals surface area contributed by atoms with E-state index in [-0.39, 0.29) is 22.7 Å². The van der Waals surface area contributed by atoms with Crippen LogP contribution < -0.4 is 11.5 Å². The number of nitrogens with one attached hydrogen (secondary N) is 1. The van der Waals surface area contributed by atoms with Crippen molar-refractivity contribution in [1.82, 2.24) is 10.2 Å². The molecule has 6 N–H and O–H groups in total. The van der Waals surface area contributed by atoms with E-state index in [1.807, 2.05) is 0 Å². The van der Waals surface area contributed by atoms with E-state index in [4.69, 9.17) is 16.9 Å². The zero-order valence-corrected chi connectivity index (χ0v) is 11.3. The van der Waals surface area contributed by atoms with Crippen molar-refractivity contribution in [1.29, 1.82) is 5.41 Å². The second kappa shape index (κ2) is 6.37. The number of anilines is 1. The number of nitrogens with zero attached hydrogens (tertiary/aromatic N) is 2. The molecule has 2 aromatic rings. The number of hydrogen-bond donors (Lipinski definition) is 4. The summed E-state index contributed by atoms with van der Waals surface area (Å²) in [5, 5.41) is 24.3. The average Bonchev–Trinajstić information content (AvgIpc) is 2.50. The number of allylic oxidation sites excluding steroid dienone is 1. The number of hydrogen-bond acceptors (Lipinski definition) is 6. The molecule has 110 valence electrons. The normalized spacial score (nSPS) is 10.7. The molecule has 0 fully saturated rings. The van der Waals surface area contributed by atoms with Crippen LogP contribution in [0.5, 0.6) is 5.75 Å². The highest BCUT2D eigenvalue weighted by atomic mass is 19.1. The molecule has 0 atom stereocenters. The van der Waals surface area contributed by atoms with Gasteiger partial charge in [-0.3, -0.25) is 5.41 Å². The summed E-state index contributed by atoms with van der Waals surface area (Å²) in [6, 6.07) is 8.10. The van der Waals surface area contributed by atoms with E-state index in [1.165, 1.54) is 12.1 Å². The van der Waals surface area contributed by atoms with Gasteiger partial charge in [-0.1, -0.05) is 24.0 Å². The molecular weight excluding hydrogens is 285 g/mol. The summed E-state index contributed by atoms with van der Waals surface area (Å²) in [7, 11) is 0. The van der Waals surface area contributed by atoms with E-state index in [0.717, 1.165) is 6.20 Å². The molecule has 2 rings (SSSR count). The Morgan fingerprint density at radius 1 is 1.32 bits per heavy atom. The second-order valence-corrected chi connectivity index (χ2v) is 4.19. The molecule has 0 unspecified atom stereocenters. The second-order valence-electron chi connectivity index (χ2n) is 4.19. The van der Waals surface area contributed by atoms with Crippen molar-refractivity contribution in [2.75, 3.05) is 5.73 Å². The Hall–Kier alpha value is -3.40. The van der Waals surface area contributed by atoms with Gasteiger partial charge in [0.15, 0.2) is 5.82 Å². The Kier molecular flexibility index (Phi) is 4.34. The molecule has 0 bridgehead atoms. The predicted molar refractivity (Wildman–Crippen MR) is 81.5 cm³/mol. The van der Waals surface area contributed by atoms with Gasteiger partial charge in [0.1, 0.15) is 5.75 Å². The van der Waals surface area contributed by atoms with E-state index in [2.05, 4.69) is 22.0 Å². The topological polar surface area (TPSA) is 122 Å². The van der Waals surface area contributed by atoms with Gasteiger partial charge in [0, 0.05) is 11.8 Å². The molecule has 1 heterocycles. The van der Waals surface area contributed by atoms with E-state index in [1.54, 1.807) is 18.2 Å². The van der Waals surface area contributed by atoms with E-state index in [9.17, 15) is 9.50 Å². The van der Waals surface area contributed by atoms with Crippen LogP contribution in [0.2, 0.25) is 0 Å². The molecule has 0 aliphatic carbocycles.